The van der Waals surface area contributed by atoms with Gasteiger partial charge in [0, 0.05) is 4.47 Å². The van der Waals surface area contributed by atoms with Crippen LogP contribution in [0.2, 0.25) is 0 Å². The van der Waals surface area contributed by atoms with Crippen molar-refractivity contribution < 1.29 is 4.39 Å². The van der Waals surface area contributed by atoms with E-state index >= 15 is 0 Å². The van der Waals surface area contributed by atoms with E-state index in [1.807, 2.05) is 0 Å². The van der Waals surface area contributed by atoms with Crippen LogP contribution in [0.3, 0.4) is 0 Å². The molecule has 0 bridgehead atoms. The van der Waals surface area contributed by atoms with Crippen molar-refractivity contribution in [1.29, 1.82) is 5.26 Å². The molecule has 0 saturated heterocycles. The van der Waals surface area contributed by atoms with E-state index in [-0.39, 0.29) is 11.8 Å². The quantitative estimate of drug-likeness (QED) is 0.743. The minimum Gasteiger partial charge on any atom is -0.369 e. The molecule has 2 aromatic carbocycles. The second-order valence-electron chi connectivity index (χ2n) is 4.22. The largest absolute Gasteiger partial charge is 0.369 e. The molecule has 0 atom stereocenters. The fourth-order valence-electron chi connectivity index (χ4n) is 2.07. The van der Waals surface area contributed by atoms with Crippen LogP contribution in [0.5, 0.6) is 0 Å². The first kappa shape index (κ1) is 12.6. The topological polar surface area (TPSA) is 67.6 Å². The first-order chi connectivity index (χ1) is 9.60. The van der Waals surface area contributed by atoms with Gasteiger partial charge >= 0.3 is 0 Å². The summed E-state index contributed by atoms with van der Waals surface area (Å²) in [6, 6.07) is 11.4. The summed E-state index contributed by atoms with van der Waals surface area (Å²) in [6.07, 6.45) is 0. The number of hydrogen-bond donors (Lipinski definition) is 1. The van der Waals surface area contributed by atoms with Crippen LogP contribution in [-0.4, -0.2) is 9.55 Å². The maximum Gasteiger partial charge on any atom is 0.205 e. The van der Waals surface area contributed by atoms with Crippen LogP contribution < -0.4 is 5.73 Å². The van der Waals surface area contributed by atoms with Crippen LogP contribution in [-0.2, 0) is 0 Å². The van der Waals surface area contributed by atoms with Crippen molar-refractivity contribution in [2.24, 2.45) is 0 Å². The van der Waals surface area contributed by atoms with Gasteiger partial charge in [0.05, 0.1) is 28.4 Å². The van der Waals surface area contributed by atoms with E-state index in [1.165, 1.54) is 12.1 Å². The molecule has 0 unspecified atom stereocenters. The fraction of sp³-hybridized carbons (Fsp3) is 0. The van der Waals surface area contributed by atoms with E-state index in [9.17, 15) is 4.39 Å². The van der Waals surface area contributed by atoms with Crippen molar-refractivity contribution in [1.82, 2.24) is 9.55 Å². The van der Waals surface area contributed by atoms with E-state index in [1.54, 1.807) is 28.8 Å². The summed E-state index contributed by atoms with van der Waals surface area (Å²) in [5, 5.41) is 8.98. The Bertz CT molecular complexity index is 863. The molecular formula is C14H8BrFN4. The van der Waals surface area contributed by atoms with E-state index in [4.69, 9.17) is 11.0 Å². The molecule has 6 heteroatoms. The van der Waals surface area contributed by atoms with Gasteiger partial charge in [-0.2, -0.15) is 5.26 Å². The number of nitriles is 1. The molecule has 0 aliphatic heterocycles. The highest BCUT2D eigenvalue weighted by atomic mass is 79.9. The maximum absolute atomic E-state index is 13.5. The number of halogens is 2. The predicted molar refractivity (Wildman–Crippen MR) is 77.9 cm³/mol. The van der Waals surface area contributed by atoms with Crippen molar-refractivity contribution >= 4 is 32.9 Å². The molecule has 1 aromatic heterocycles. The summed E-state index contributed by atoms with van der Waals surface area (Å²) in [5.41, 5.74) is 8.27. The summed E-state index contributed by atoms with van der Waals surface area (Å²) in [4.78, 5) is 4.22. The van der Waals surface area contributed by atoms with Gasteiger partial charge in [0.15, 0.2) is 0 Å². The Morgan fingerprint density at radius 3 is 2.80 bits per heavy atom. The molecule has 20 heavy (non-hydrogen) atoms. The Kier molecular flexibility index (Phi) is 2.92. The SMILES string of the molecule is N#Cc1ccc2nc(N)n(-c3cc(F)ccc3Br)c2c1. The highest BCUT2D eigenvalue weighted by molar-refractivity contribution is 9.10. The summed E-state index contributed by atoms with van der Waals surface area (Å²) >= 11 is 3.37. The van der Waals surface area contributed by atoms with Crippen LogP contribution in [0.4, 0.5) is 10.3 Å². The lowest BCUT2D eigenvalue weighted by atomic mass is 10.2. The van der Waals surface area contributed by atoms with Gasteiger partial charge in [-0.3, -0.25) is 4.57 Å². The molecule has 2 N–H and O–H groups in total. The Morgan fingerprint density at radius 2 is 2.05 bits per heavy atom. The molecule has 0 radical (unpaired) electrons. The highest BCUT2D eigenvalue weighted by Crippen LogP contribution is 2.29. The van der Waals surface area contributed by atoms with Crippen molar-refractivity contribution in [3.05, 3.63) is 52.3 Å². The van der Waals surface area contributed by atoms with Gasteiger partial charge in [0.25, 0.3) is 0 Å². The highest BCUT2D eigenvalue weighted by Gasteiger charge is 2.13. The number of nitrogens with zero attached hydrogens (tertiary/aromatic N) is 3. The molecule has 0 aliphatic carbocycles. The number of hydrogen-bond acceptors (Lipinski definition) is 3. The maximum atomic E-state index is 13.5. The van der Waals surface area contributed by atoms with Crippen LogP contribution in [0.25, 0.3) is 16.7 Å². The summed E-state index contributed by atoms with van der Waals surface area (Å²) in [6.45, 7) is 0. The van der Waals surface area contributed by atoms with Gasteiger partial charge in [-0.25, -0.2) is 9.37 Å². The van der Waals surface area contributed by atoms with E-state index < -0.39 is 0 Å². The number of aromatic nitrogens is 2. The number of nitrogen functional groups attached to an aromatic ring is 1. The molecular weight excluding hydrogens is 323 g/mol. The molecule has 0 amide bonds. The average Bonchev–Trinajstić information content (AvgIpc) is 2.76. The van der Waals surface area contributed by atoms with Gasteiger partial charge in [-0.1, -0.05) is 0 Å². The molecule has 4 nitrogen and oxygen atoms in total. The van der Waals surface area contributed by atoms with Crippen LogP contribution in [0, 0.1) is 17.1 Å². The van der Waals surface area contributed by atoms with Gasteiger partial charge in [0.1, 0.15) is 5.82 Å². The summed E-state index contributed by atoms with van der Waals surface area (Å²) < 4.78 is 15.8. The first-order valence-electron chi connectivity index (χ1n) is 5.73. The smallest absolute Gasteiger partial charge is 0.205 e. The second-order valence-corrected chi connectivity index (χ2v) is 5.07. The Labute approximate surface area is 122 Å². The number of fused-ring (bicyclic) bond motifs is 1. The van der Waals surface area contributed by atoms with Gasteiger partial charge in [-0.15, -0.1) is 0 Å². The van der Waals surface area contributed by atoms with Crippen LogP contribution in [0.1, 0.15) is 5.56 Å². The number of nitrogens with two attached hydrogens (primary N) is 1. The lowest BCUT2D eigenvalue weighted by molar-refractivity contribution is 0.626. The van der Waals surface area contributed by atoms with Gasteiger partial charge in [0.2, 0.25) is 5.95 Å². The van der Waals surface area contributed by atoms with Crippen molar-refractivity contribution in [2.45, 2.75) is 0 Å². The molecule has 1 heterocycles. The van der Waals surface area contributed by atoms with E-state index in [2.05, 4.69) is 27.0 Å². The molecule has 0 aliphatic rings. The molecule has 0 fully saturated rings. The van der Waals surface area contributed by atoms with Gasteiger partial charge in [-0.05, 0) is 52.3 Å². The third-order valence-corrected chi connectivity index (χ3v) is 3.63. The number of anilines is 1. The lowest BCUT2D eigenvalue weighted by Gasteiger charge is -2.09. The second kappa shape index (κ2) is 4.62. The zero-order chi connectivity index (χ0) is 14.3. The zero-order valence-corrected chi connectivity index (χ0v) is 11.7. The molecule has 0 saturated carbocycles. The monoisotopic (exact) mass is 330 g/mol. The standard InChI is InChI=1S/C14H8BrFN4/c15-10-3-2-9(16)6-12(10)20-13-5-8(7-17)1-4-11(13)19-14(20)18/h1-6H,(H2,18,19). The number of benzene rings is 2. The molecule has 98 valence electrons. The minimum atomic E-state index is -0.374. The summed E-state index contributed by atoms with van der Waals surface area (Å²) in [5.74, 6) is -0.137. The van der Waals surface area contributed by atoms with Crippen molar-refractivity contribution in [2.75, 3.05) is 5.73 Å². The van der Waals surface area contributed by atoms with Crippen LogP contribution in [0.15, 0.2) is 40.9 Å². The fourth-order valence-corrected chi connectivity index (χ4v) is 2.50. The van der Waals surface area contributed by atoms with E-state index in [0.717, 1.165) is 0 Å². The number of rotatable bonds is 1. The molecule has 3 aromatic rings. The van der Waals surface area contributed by atoms with Gasteiger partial charge < -0.3 is 5.73 Å². The van der Waals surface area contributed by atoms with Crippen molar-refractivity contribution in [3.63, 3.8) is 0 Å². The predicted octanol–water partition coefficient (Wildman–Crippen LogP) is 3.38. The first-order valence-corrected chi connectivity index (χ1v) is 6.53. The number of imidazole rings is 1. The van der Waals surface area contributed by atoms with Crippen LogP contribution >= 0.6 is 15.9 Å². The van der Waals surface area contributed by atoms with E-state index in [0.29, 0.717) is 26.8 Å². The zero-order valence-electron chi connectivity index (χ0n) is 10.1. The Balaban J connectivity index is 2.38. The third kappa shape index (κ3) is 1.92. The molecule has 0 spiro atoms. The average molecular weight is 331 g/mol. The van der Waals surface area contributed by atoms with Crippen molar-refractivity contribution in [3.8, 4) is 11.8 Å². The minimum absolute atomic E-state index is 0.237. The Hall–Kier alpha value is -2.39. The third-order valence-electron chi connectivity index (χ3n) is 2.96. The molecule has 3 rings (SSSR count). The Morgan fingerprint density at radius 1 is 1.25 bits per heavy atom. The lowest BCUT2D eigenvalue weighted by Crippen LogP contribution is -2.02. The summed E-state index contributed by atoms with van der Waals surface area (Å²) in [7, 11) is 0. The normalized spacial score (nSPS) is 10.7.